The Morgan fingerprint density at radius 3 is 0.214 bits per heavy atom. The fourth-order valence-corrected chi connectivity index (χ4v) is 0. The Labute approximate surface area is 90.1 Å². The maximum atomic E-state index is 0. The second-order valence-corrected chi connectivity index (χ2v) is 0. The van der Waals surface area contributed by atoms with Crippen molar-refractivity contribution in [1.29, 1.82) is 0 Å². The molecule has 1 radical (unpaired) electrons. The SMILES string of the molecule is N.O.O.O.O.O.O.O.O.O.O.O.O.[Cr+3]. The van der Waals surface area contributed by atoms with Crippen LogP contribution in [0.15, 0.2) is 0 Å². The minimum absolute atomic E-state index is 0. The molecule has 14 heavy (non-hydrogen) atoms. The standard InChI is InChI=1S/Cr.H3N.12H2O/h;1H3;12*1H2/q+3;;;;;;;;;;;;;. The Bertz CT molecular complexity index is 10.3. The summed E-state index contributed by atoms with van der Waals surface area (Å²) in [7, 11) is 0. The molecule has 27 N–H and O–H groups in total. The van der Waals surface area contributed by atoms with Crippen molar-refractivity contribution in [3.8, 4) is 0 Å². The molecule has 0 fully saturated rings. The molecule has 0 aliphatic rings. The molecule has 0 saturated heterocycles. The van der Waals surface area contributed by atoms with Crippen LogP contribution in [0.3, 0.4) is 0 Å². The van der Waals surface area contributed by atoms with Gasteiger partial charge in [0.2, 0.25) is 0 Å². The Hall–Kier alpha value is 0.0125. The second-order valence-electron chi connectivity index (χ2n) is 0. The van der Waals surface area contributed by atoms with E-state index in [0.29, 0.717) is 0 Å². The molecule has 0 aromatic heterocycles. The molecule has 14 heteroatoms. The van der Waals surface area contributed by atoms with E-state index in [4.69, 9.17) is 0 Å². The Balaban J connectivity index is 0. The molecule has 0 unspecified atom stereocenters. The monoisotopic (exact) mass is 285 g/mol. The number of rotatable bonds is 0. The van der Waals surface area contributed by atoms with Crippen LogP contribution < -0.4 is 6.15 Å². The molecular weight excluding hydrogens is 258 g/mol. The zero-order valence-corrected chi connectivity index (χ0v) is 8.39. The molecule has 0 bridgehead atoms. The summed E-state index contributed by atoms with van der Waals surface area (Å²) in [5.41, 5.74) is 0. The minimum Gasteiger partial charge on any atom is -0.412 e. The summed E-state index contributed by atoms with van der Waals surface area (Å²) in [5, 5.41) is 0. The zero-order valence-electron chi connectivity index (χ0n) is 7.12. The summed E-state index contributed by atoms with van der Waals surface area (Å²) in [6.07, 6.45) is 0. The molecule has 0 amide bonds. The van der Waals surface area contributed by atoms with Crippen LogP contribution in [0.1, 0.15) is 0 Å². The maximum absolute atomic E-state index is 0. The van der Waals surface area contributed by atoms with E-state index in [1.54, 1.807) is 0 Å². The van der Waals surface area contributed by atoms with E-state index >= 15 is 0 Å². The quantitative estimate of drug-likeness (QED) is 0.444. The first-order valence-corrected chi connectivity index (χ1v) is 0. The predicted molar refractivity (Wildman–Crippen MR) is 48.4 cm³/mol. The third-order valence-corrected chi connectivity index (χ3v) is 0. The van der Waals surface area contributed by atoms with Crippen molar-refractivity contribution in [1.82, 2.24) is 6.15 Å². The van der Waals surface area contributed by atoms with Gasteiger partial charge in [-0.15, -0.1) is 0 Å². The van der Waals surface area contributed by atoms with Gasteiger partial charge in [0, 0.05) is 0 Å². The first-order valence-electron chi connectivity index (χ1n) is 0. The molecule has 0 saturated carbocycles. The van der Waals surface area contributed by atoms with Crippen LogP contribution in [-0.4, -0.2) is 65.7 Å². The van der Waals surface area contributed by atoms with Crippen LogP contribution in [0, 0.1) is 0 Å². The van der Waals surface area contributed by atoms with Crippen molar-refractivity contribution < 1.29 is 83.1 Å². The second kappa shape index (κ2) is 12100000. The smallest absolute Gasteiger partial charge is 0.412 e. The summed E-state index contributed by atoms with van der Waals surface area (Å²) in [4.78, 5) is 0. The van der Waals surface area contributed by atoms with E-state index in [9.17, 15) is 0 Å². The van der Waals surface area contributed by atoms with Gasteiger partial charge in [0.25, 0.3) is 0 Å². The average molecular weight is 285 g/mol. The van der Waals surface area contributed by atoms with Gasteiger partial charge in [-0.2, -0.15) is 0 Å². The van der Waals surface area contributed by atoms with E-state index in [-0.39, 0.29) is 89.2 Å². The van der Waals surface area contributed by atoms with E-state index < -0.39 is 0 Å². The van der Waals surface area contributed by atoms with Crippen LogP contribution in [0.2, 0.25) is 0 Å². The third kappa shape index (κ3) is 9370000. The van der Waals surface area contributed by atoms with Gasteiger partial charge in [-0.05, 0) is 0 Å². The van der Waals surface area contributed by atoms with Crippen molar-refractivity contribution in [3.05, 3.63) is 0 Å². The molecule has 13 nitrogen and oxygen atoms in total. The third-order valence-electron chi connectivity index (χ3n) is 0. The largest absolute Gasteiger partial charge is 3.00 e. The van der Waals surface area contributed by atoms with Crippen LogP contribution in [0.4, 0.5) is 0 Å². The topological polar surface area (TPSA) is 413 Å². The van der Waals surface area contributed by atoms with Gasteiger partial charge < -0.3 is 71.9 Å². The molecule has 0 rings (SSSR count). The van der Waals surface area contributed by atoms with Gasteiger partial charge >= 0.3 is 17.4 Å². The Morgan fingerprint density at radius 1 is 0.214 bits per heavy atom. The van der Waals surface area contributed by atoms with Crippen molar-refractivity contribution in [2.45, 2.75) is 0 Å². The van der Waals surface area contributed by atoms with Crippen molar-refractivity contribution in [2.75, 3.05) is 0 Å². The molecule has 0 heterocycles. The van der Waals surface area contributed by atoms with Gasteiger partial charge in [-0.3, -0.25) is 0 Å². The van der Waals surface area contributed by atoms with Crippen LogP contribution in [0.25, 0.3) is 0 Å². The van der Waals surface area contributed by atoms with Crippen molar-refractivity contribution in [2.24, 2.45) is 0 Å². The summed E-state index contributed by atoms with van der Waals surface area (Å²) < 4.78 is 0. The Kier molecular flexibility index (Phi) is 13200000000000. The van der Waals surface area contributed by atoms with Gasteiger partial charge in [0.05, 0.1) is 0 Å². The molecule has 0 aromatic carbocycles. The van der Waals surface area contributed by atoms with Crippen LogP contribution in [-0.2, 0) is 17.4 Å². The van der Waals surface area contributed by atoms with Gasteiger partial charge in [0.15, 0.2) is 0 Å². The minimum atomic E-state index is 0. The van der Waals surface area contributed by atoms with E-state index in [1.165, 1.54) is 0 Å². The molecular formula is H27CrNO12+3. The summed E-state index contributed by atoms with van der Waals surface area (Å²) >= 11 is 0. The molecule has 0 spiro atoms. The zero-order chi connectivity index (χ0) is 0. The molecule has 0 aliphatic heterocycles. The Morgan fingerprint density at radius 2 is 0.214 bits per heavy atom. The van der Waals surface area contributed by atoms with Crippen molar-refractivity contribution >= 4 is 0 Å². The predicted octanol–water partition coefficient (Wildman–Crippen LogP) is -9.74. The fourth-order valence-electron chi connectivity index (χ4n) is 0. The van der Waals surface area contributed by atoms with Gasteiger partial charge in [-0.25, -0.2) is 0 Å². The molecule has 0 aromatic rings. The van der Waals surface area contributed by atoms with Gasteiger partial charge in [-0.1, -0.05) is 0 Å². The summed E-state index contributed by atoms with van der Waals surface area (Å²) in [5.74, 6) is 0. The number of hydrogen-bond donors (Lipinski definition) is 1. The average Bonchev–Trinajstić information content (AvgIpc) is 0. The first-order chi connectivity index (χ1) is 0. The molecule has 0 aliphatic carbocycles. The summed E-state index contributed by atoms with van der Waals surface area (Å²) in [6, 6.07) is 0. The maximum Gasteiger partial charge on any atom is 3.00 e. The normalized spacial score (nSPS) is 0. The van der Waals surface area contributed by atoms with Crippen molar-refractivity contribution in [3.63, 3.8) is 0 Å². The summed E-state index contributed by atoms with van der Waals surface area (Å²) in [6.45, 7) is 0. The van der Waals surface area contributed by atoms with Crippen LogP contribution in [0.5, 0.6) is 0 Å². The van der Waals surface area contributed by atoms with Crippen LogP contribution >= 0.6 is 0 Å². The van der Waals surface area contributed by atoms with Gasteiger partial charge in [0.1, 0.15) is 0 Å². The molecule has 107 valence electrons. The van der Waals surface area contributed by atoms with E-state index in [2.05, 4.69) is 0 Å². The number of hydrogen-bond acceptors (Lipinski definition) is 1. The molecule has 0 atom stereocenters. The fraction of sp³-hybridized carbons (Fsp3) is 0. The first kappa shape index (κ1) is 15300000. The van der Waals surface area contributed by atoms with E-state index in [0.717, 1.165) is 0 Å². The van der Waals surface area contributed by atoms with E-state index in [1.807, 2.05) is 0 Å².